The molecule has 1 aliphatic heterocycles. The Morgan fingerprint density at radius 3 is 2.67 bits per heavy atom. The van der Waals surface area contributed by atoms with Crippen molar-refractivity contribution in [3.8, 4) is 10.4 Å². The highest BCUT2D eigenvalue weighted by atomic mass is 32.2. The van der Waals surface area contributed by atoms with Crippen molar-refractivity contribution in [2.75, 3.05) is 23.5 Å². The van der Waals surface area contributed by atoms with E-state index in [9.17, 15) is 12.8 Å². The van der Waals surface area contributed by atoms with Crippen LogP contribution in [0.1, 0.15) is 29.4 Å². The van der Waals surface area contributed by atoms with E-state index in [4.69, 9.17) is 0 Å². The van der Waals surface area contributed by atoms with Crippen LogP contribution in [0.3, 0.4) is 0 Å². The van der Waals surface area contributed by atoms with Crippen LogP contribution < -0.4 is 4.90 Å². The summed E-state index contributed by atoms with van der Waals surface area (Å²) < 4.78 is 40.1. The maximum Gasteiger partial charge on any atom is 0.152 e. The zero-order valence-corrected chi connectivity index (χ0v) is 20.2. The summed E-state index contributed by atoms with van der Waals surface area (Å²) in [5.74, 6) is 0.923. The second-order valence-electron chi connectivity index (χ2n) is 8.54. The Balaban J connectivity index is 1.45. The molecule has 0 spiro atoms. The van der Waals surface area contributed by atoms with Gasteiger partial charge in [0.1, 0.15) is 18.0 Å². The molecule has 4 aromatic rings. The fraction of sp³-hybridized carbons (Fsp3) is 0.348. The first kappa shape index (κ1) is 22.0. The van der Waals surface area contributed by atoms with Crippen LogP contribution >= 0.6 is 11.3 Å². The second kappa shape index (κ2) is 8.18. The van der Waals surface area contributed by atoms with E-state index in [1.54, 1.807) is 29.8 Å². The third kappa shape index (κ3) is 4.13. The summed E-state index contributed by atoms with van der Waals surface area (Å²) in [6.45, 7) is 4.55. The van der Waals surface area contributed by atoms with Crippen molar-refractivity contribution in [3.63, 3.8) is 0 Å². The monoisotopic (exact) mass is 485 g/mol. The van der Waals surface area contributed by atoms with Crippen LogP contribution in [0.25, 0.3) is 20.7 Å². The molecule has 172 valence electrons. The van der Waals surface area contributed by atoms with Gasteiger partial charge in [-0.05, 0) is 44.0 Å². The summed E-state index contributed by atoms with van der Waals surface area (Å²) in [5, 5.41) is 4.68. The van der Waals surface area contributed by atoms with Gasteiger partial charge in [0, 0.05) is 29.7 Å². The molecular weight excluding hydrogens is 461 g/mol. The molecule has 0 saturated carbocycles. The van der Waals surface area contributed by atoms with E-state index in [-0.39, 0.29) is 23.4 Å². The van der Waals surface area contributed by atoms with Gasteiger partial charge in [-0.15, -0.1) is 11.3 Å². The lowest BCUT2D eigenvalue weighted by Crippen LogP contribution is -2.19. The van der Waals surface area contributed by atoms with Gasteiger partial charge >= 0.3 is 0 Å². The van der Waals surface area contributed by atoms with Gasteiger partial charge in [-0.1, -0.05) is 12.1 Å². The van der Waals surface area contributed by atoms with Gasteiger partial charge in [0.2, 0.25) is 0 Å². The third-order valence-corrected chi connectivity index (χ3v) is 9.13. The van der Waals surface area contributed by atoms with E-state index >= 15 is 0 Å². The van der Waals surface area contributed by atoms with E-state index in [2.05, 4.69) is 20.0 Å². The van der Waals surface area contributed by atoms with Crippen molar-refractivity contribution >= 4 is 37.2 Å². The molecule has 1 fully saturated rings. The van der Waals surface area contributed by atoms with E-state index in [0.717, 1.165) is 43.4 Å². The number of nitrogens with zero attached hydrogens (tertiary/aromatic N) is 5. The van der Waals surface area contributed by atoms with Crippen molar-refractivity contribution in [2.24, 2.45) is 0 Å². The highest BCUT2D eigenvalue weighted by Crippen LogP contribution is 2.37. The number of fused-ring (bicyclic) bond motifs is 1. The minimum absolute atomic E-state index is 0.103. The van der Waals surface area contributed by atoms with Crippen LogP contribution in [0.2, 0.25) is 0 Å². The minimum Gasteiger partial charge on any atom is -0.354 e. The van der Waals surface area contributed by atoms with Crippen LogP contribution in [0, 0.1) is 19.7 Å². The van der Waals surface area contributed by atoms with Crippen molar-refractivity contribution in [1.29, 1.82) is 0 Å². The Labute approximate surface area is 195 Å². The summed E-state index contributed by atoms with van der Waals surface area (Å²) in [5.41, 5.74) is 4.74. The minimum atomic E-state index is -2.98. The first-order valence-corrected chi connectivity index (χ1v) is 13.3. The molecule has 3 aromatic heterocycles. The topological polar surface area (TPSA) is 81.0 Å². The lowest BCUT2D eigenvalue weighted by molar-refractivity contribution is 0.485. The molecule has 10 heteroatoms. The number of aryl methyl sites for hydroxylation is 1. The molecule has 0 amide bonds. The normalized spacial score (nSPS) is 17.6. The van der Waals surface area contributed by atoms with E-state index < -0.39 is 9.84 Å². The van der Waals surface area contributed by atoms with Crippen LogP contribution in [0.5, 0.6) is 0 Å². The van der Waals surface area contributed by atoms with Gasteiger partial charge in [-0.2, -0.15) is 5.10 Å². The quantitative estimate of drug-likeness (QED) is 0.419. The molecule has 33 heavy (non-hydrogen) atoms. The molecule has 4 heterocycles. The van der Waals surface area contributed by atoms with E-state index in [1.165, 1.54) is 12.1 Å². The van der Waals surface area contributed by atoms with Gasteiger partial charge in [-0.3, -0.25) is 4.68 Å². The Hall–Kier alpha value is -2.85. The number of halogens is 1. The Kier molecular flexibility index (Phi) is 5.44. The molecule has 0 N–H and O–H groups in total. The summed E-state index contributed by atoms with van der Waals surface area (Å²) >= 11 is 1.58. The maximum atomic E-state index is 13.3. The second-order valence-corrected chi connectivity index (χ2v) is 11.8. The molecule has 1 aromatic carbocycles. The number of benzene rings is 1. The van der Waals surface area contributed by atoms with Gasteiger partial charge in [0.25, 0.3) is 0 Å². The number of rotatable bonds is 5. The van der Waals surface area contributed by atoms with E-state index in [0.29, 0.717) is 13.0 Å². The number of hydrogen-bond acceptors (Lipinski definition) is 7. The first-order valence-electron chi connectivity index (χ1n) is 10.7. The maximum absolute atomic E-state index is 13.3. The number of hydrogen-bond donors (Lipinski definition) is 0. The third-order valence-electron chi connectivity index (χ3n) is 6.21. The number of sulfone groups is 1. The molecular formula is C23H24FN5O2S2. The van der Waals surface area contributed by atoms with Crippen LogP contribution in [-0.2, 0) is 16.4 Å². The van der Waals surface area contributed by atoms with Crippen molar-refractivity contribution in [1.82, 2.24) is 19.7 Å². The first-order chi connectivity index (χ1) is 15.7. The highest BCUT2D eigenvalue weighted by molar-refractivity contribution is 7.91. The van der Waals surface area contributed by atoms with Crippen molar-refractivity contribution in [2.45, 2.75) is 32.9 Å². The summed E-state index contributed by atoms with van der Waals surface area (Å²) in [6, 6.07) is 8.34. The van der Waals surface area contributed by atoms with Crippen LogP contribution in [0.4, 0.5) is 10.2 Å². The van der Waals surface area contributed by atoms with Crippen LogP contribution in [-0.4, -0.2) is 46.7 Å². The number of anilines is 1. The average Bonchev–Trinajstić information content (AvgIpc) is 3.45. The smallest absolute Gasteiger partial charge is 0.152 e. The molecule has 1 atom stereocenters. The number of aromatic nitrogens is 4. The molecule has 5 rings (SSSR count). The van der Waals surface area contributed by atoms with E-state index in [1.807, 2.05) is 31.6 Å². The zero-order valence-electron chi connectivity index (χ0n) is 18.6. The van der Waals surface area contributed by atoms with Crippen molar-refractivity contribution in [3.05, 3.63) is 59.4 Å². The molecule has 1 saturated heterocycles. The molecule has 7 nitrogen and oxygen atoms in total. The zero-order chi connectivity index (χ0) is 23.3. The molecule has 0 unspecified atom stereocenters. The van der Waals surface area contributed by atoms with Gasteiger partial charge < -0.3 is 4.90 Å². The average molecular weight is 486 g/mol. The SMILES string of the molecule is Cc1nn([C@H]2CCS(=O)(=O)C2)c(C)c1CN(C)c1ncnc2cc(-c3ccc(F)cc3)sc12. The summed E-state index contributed by atoms with van der Waals surface area (Å²) in [4.78, 5) is 12.0. The van der Waals surface area contributed by atoms with Crippen LogP contribution in [0.15, 0.2) is 36.7 Å². The van der Waals surface area contributed by atoms with Crippen molar-refractivity contribution < 1.29 is 12.8 Å². The summed E-state index contributed by atoms with van der Waals surface area (Å²) in [6.07, 6.45) is 2.16. The molecule has 0 aliphatic carbocycles. The Morgan fingerprint density at radius 2 is 1.97 bits per heavy atom. The lowest BCUT2D eigenvalue weighted by Gasteiger charge is -2.19. The highest BCUT2D eigenvalue weighted by Gasteiger charge is 2.31. The van der Waals surface area contributed by atoms with Gasteiger partial charge in [0.15, 0.2) is 9.84 Å². The van der Waals surface area contributed by atoms with Gasteiger partial charge in [0.05, 0.1) is 33.5 Å². The Morgan fingerprint density at radius 1 is 1.21 bits per heavy atom. The molecule has 1 aliphatic rings. The lowest BCUT2D eigenvalue weighted by atomic mass is 10.1. The largest absolute Gasteiger partial charge is 0.354 e. The standard InChI is InChI=1S/C23H24FN5O2S2/c1-14-19(15(2)29(27-14)18-8-9-33(30,31)12-18)11-28(3)23-22-20(25-13-26-23)10-21(32-22)16-4-6-17(24)7-5-16/h4-7,10,13,18H,8-9,11-12H2,1-3H3/t18-/m0/s1. The summed E-state index contributed by atoms with van der Waals surface area (Å²) in [7, 11) is -1.00. The molecule has 0 radical (unpaired) electrons. The number of thiophene rings is 1. The predicted octanol–water partition coefficient (Wildman–Crippen LogP) is 4.31. The Bertz CT molecular complexity index is 1440. The molecule has 0 bridgehead atoms. The fourth-order valence-corrected chi connectivity index (χ4v) is 7.28. The van der Waals surface area contributed by atoms with Gasteiger partial charge in [-0.25, -0.2) is 22.8 Å². The predicted molar refractivity (Wildman–Crippen MR) is 129 cm³/mol. The fourth-order valence-electron chi connectivity index (χ4n) is 4.43.